The normalized spacial score (nSPS) is 17.0. The molecule has 2 N–H and O–H groups in total. The topological polar surface area (TPSA) is 71.5 Å². The van der Waals surface area contributed by atoms with E-state index in [0.717, 1.165) is 31.6 Å². The van der Waals surface area contributed by atoms with Gasteiger partial charge in [0.15, 0.2) is 0 Å². The van der Waals surface area contributed by atoms with Gasteiger partial charge in [-0.1, -0.05) is 12.1 Å². The molecule has 1 saturated heterocycles. The van der Waals surface area contributed by atoms with Crippen molar-refractivity contribution in [3.05, 3.63) is 35.5 Å². The highest BCUT2D eigenvalue weighted by molar-refractivity contribution is 6.04. The second kappa shape index (κ2) is 8.34. The van der Waals surface area contributed by atoms with Crippen LogP contribution in [0.2, 0.25) is 0 Å². The summed E-state index contributed by atoms with van der Waals surface area (Å²) in [6.45, 7) is 1.85. The molecule has 1 aromatic heterocycles. The van der Waals surface area contributed by atoms with Crippen molar-refractivity contribution in [2.24, 2.45) is 0 Å². The van der Waals surface area contributed by atoms with Crippen LogP contribution in [-0.2, 0) is 0 Å². The van der Waals surface area contributed by atoms with Crippen LogP contribution < -0.4 is 10.1 Å². The average molecular weight is 359 g/mol. The summed E-state index contributed by atoms with van der Waals surface area (Å²) in [6.07, 6.45) is 2.11. The average Bonchev–Trinajstić information content (AvgIpc) is 2.53. The molecule has 1 atom stereocenters. The zero-order chi connectivity index (χ0) is 14.8. The van der Waals surface area contributed by atoms with Crippen molar-refractivity contribution >= 4 is 41.7 Å². The number of benzene rings is 1. The van der Waals surface area contributed by atoms with Gasteiger partial charge in [-0.2, -0.15) is 0 Å². The largest absolute Gasteiger partial charge is 0.494 e. The van der Waals surface area contributed by atoms with Crippen LogP contribution in [-0.4, -0.2) is 36.3 Å². The Bertz CT molecular complexity index is 688. The number of nitrogens with zero attached hydrogens (tertiary/aromatic N) is 1. The van der Waals surface area contributed by atoms with Crippen molar-refractivity contribution in [2.75, 3.05) is 20.2 Å². The number of para-hydroxylation sites is 1. The van der Waals surface area contributed by atoms with Gasteiger partial charge in [0, 0.05) is 23.5 Å². The first-order valence-corrected chi connectivity index (χ1v) is 7.12. The SMILES string of the molecule is COc1cccc2c(C(=O)O)cc(C3CCCNC3)nc12.Cl.Cl. The highest BCUT2D eigenvalue weighted by atomic mass is 35.5. The molecule has 3 rings (SSSR count). The summed E-state index contributed by atoms with van der Waals surface area (Å²) in [7, 11) is 1.58. The van der Waals surface area contributed by atoms with Crippen molar-refractivity contribution < 1.29 is 14.6 Å². The molecule has 0 spiro atoms. The fourth-order valence-electron chi connectivity index (χ4n) is 2.90. The Morgan fingerprint density at radius 1 is 1.39 bits per heavy atom. The standard InChI is InChI=1S/C16H18N2O3.2ClH/c1-21-14-6-2-5-11-12(16(19)20)8-13(18-15(11)14)10-4-3-7-17-9-10;;/h2,5-6,8,10,17H,3-4,7,9H2,1H3,(H,19,20);2*1H. The number of piperidine rings is 1. The second-order valence-corrected chi connectivity index (χ2v) is 5.30. The molecular weight excluding hydrogens is 339 g/mol. The maximum absolute atomic E-state index is 11.6. The minimum Gasteiger partial charge on any atom is -0.494 e. The van der Waals surface area contributed by atoms with E-state index in [-0.39, 0.29) is 30.7 Å². The van der Waals surface area contributed by atoms with Gasteiger partial charge in [-0.25, -0.2) is 9.78 Å². The summed E-state index contributed by atoms with van der Waals surface area (Å²) in [6, 6.07) is 7.08. The van der Waals surface area contributed by atoms with Crippen LogP contribution in [0.3, 0.4) is 0 Å². The number of aromatic nitrogens is 1. The molecule has 126 valence electrons. The lowest BCUT2D eigenvalue weighted by atomic mass is 9.93. The summed E-state index contributed by atoms with van der Waals surface area (Å²) >= 11 is 0. The summed E-state index contributed by atoms with van der Waals surface area (Å²) in [4.78, 5) is 16.2. The number of nitrogens with one attached hydrogen (secondary N) is 1. The smallest absolute Gasteiger partial charge is 0.336 e. The first-order chi connectivity index (χ1) is 10.2. The number of carboxylic acid groups (broad SMARTS) is 1. The minimum atomic E-state index is -0.930. The number of hydrogen-bond acceptors (Lipinski definition) is 4. The minimum absolute atomic E-state index is 0. The van der Waals surface area contributed by atoms with Gasteiger partial charge in [0.2, 0.25) is 0 Å². The Balaban J connectivity index is 0.00000132. The van der Waals surface area contributed by atoms with Crippen LogP contribution in [0.1, 0.15) is 34.8 Å². The quantitative estimate of drug-likeness (QED) is 0.880. The van der Waals surface area contributed by atoms with Crippen LogP contribution >= 0.6 is 24.8 Å². The van der Waals surface area contributed by atoms with Crippen molar-refractivity contribution in [3.8, 4) is 5.75 Å². The van der Waals surface area contributed by atoms with Crippen LogP contribution in [0, 0.1) is 0 Å². The van der Waals surface area contributed by atoms with E-state index in [9.17, 15) is 9.90 Å². The maximum atomic E-state index is 11.6. The second-order valence-electron chi connectivity index (χ2n) is 5.30. The Morgan fingerprint density at radius 3 is 2.78 bits per heavy atom. The third-order valence-electron chi connectivity index (χ3n) is 3.99. The summed E-state index contributed by atoms with van der Waals surface area (Å²) < 4.78 is 5.33. The number of halogens is 2. The molecule has 1 unspecified atom stereocenters. The Morgan fingerprint density at radius 2 is 2.17 bits per heavy atom. The lowest BCUT2D eigenvalue weighted by Gasteiger charge is -2.23. The number of hydrogen-bond donors (Lipinski definition) is 2. The van der Waals surface area contributed by atoms with Gasteiger partial charge in [0.05, 0.1) is 12.7 Å². The fraction of sp³-hybridized carbons (Fsp3) is 0.375. The van der Waals surface area contributed by atoms with Crippen molar-refractivity contribution in [3.63, 3.8) is 0 Å². The molecule has 2 aromatic rings. The molecule has 0 aliphatic carbocycles. The van der Waals surface area contributed by atoms with E-state index in [1.54, 1.807) is 25.3 Å². The number of aromatic carboxylic acids is 1. The van der Waals surface area contributed by atoms with Gasteiger partial charge < -0.3 is 15.2 Å². The lowest BCUT2D eigenvalue weighted by Crippen LogP contribution is -2.29. The van der Waals surface area contributed by atoms with E-state index in [2.05, 4.69) is 10.3 Å². The molecule has 0 bridgehead atoms. The number of pyridine rings is 1. The van der Waals surface area contributed by atoms with E-state index < -0.39 is 5.97 Å². The molecule has 0 amide bonds. The van der Waals surface area contributed by atoms with E-state index in [4.69, 9.17) is 4.74 Å². The summed E-state index contributed by atoms with van der Waals surface area (Å²) in [5.74, 6) is -0.0625. The maximum Gasteiger partial charge on any atom is 0.336 e. The zero-order valence-corrected chi connectivity index (χ0v) is 14.4. The Hall–Kier alpha value is -1.56. The zero-order valence-electron chi connectivity index (χ0n) is 12.7. The monoisotopic (exact) mass is 358 g/mol. The van der Waals surface area contributed by atoms with Crippen molar-refractivity contribution in [2.45, 2.75) is 18.8 Å². The molecule has 1 aliphatic heterocycles. The van der Waals surface area contributed by atoms with Gasteiger partial charge in [-0.3, -0.25) is 0 Å². The number of ether oxygens (including phenoxy) is 1. The van der Waals surface area contributed by atoms with Gasteiger partial charge in [-0.15, -0.1) is 24.8 Å². The van der Waals surface area contributed by atoms with Gasteiger partial charge in [0.25, 0.3) is 0 Å². The number of carboxylic acids is 1. The van der Waals surface area contributed by atoms with Gasteiger partial charge >= 0.3 is 5.97 Å². The van der Waals surface area contributed by atoms with Crippen molar-refractivity contribution in [1.29, 1.82) is 0 Å². The first kappa shape index (κ1) is 19.5. The molecule has 1 aromatic carbocycles. The fourth-order valence-corrected chi connectivity index (χ4v) is 2.90. The third-order valence-corrected chi connectivity index (χ3v) is 3.99. The summed E-state index contributed by atoms with van der Waals surface area (Å²) in [5, 5.41) is 13.4. The first-order valence-electron chi connectivity index (χ1n) is 7.12. The van der Waals surface area contributed by atoms with E-state index in [1.165, 1.54) is 0 Å². The summed E-state index contributed by atoms with van der Waals surface area (Å²) in [5.41, 5.74) is 1.75. The number of methoxy groups -OCH3 is 1. The molecule has 0 radical (unpaired) electrons. The Labute approximate surface area is 147 Å². The number of fused-ring (bicyclic) bond motifs is 1. The molecular formula is C16H20Cl2N2O3. The highest BCUT2D eigenvalue weighted by Gasteiger charge is 2.21. The lowest BCUT2D eigenvalue weighted by molar-refractivity contribution is 0.0699. The van der Waals surface area contributed by atoms with E-state index in [1.807, 2.05) is 6.07 Å². The number of carbonyl (C=O) groups is 1. The van der Waals surface area contributed by atoms with Crippen LogP contribution in [0.5, 0.6) is 5.75 Å². The van der Waals surface area contributed by atoms with Gasteiger partial charge in [-0.05, 0) is 31.5 Å². The molecule has 2 heterocycles. The van der Waals surface area contributed by atoms with Crippen LogP contribution in [0.25, 0.3) is 10.9 Å². The van der Waals surface area contributed by atoms with Crippen molar-refractivity contribution in [1.82, 2.24) is 10.3 Å². The molecule has 1 aliphatic rings. The van der Waals surface area contributed by atoms with E-state index in [0.29, 0.717) is 22.2 Å². The number of rotatable bonds is 3. The van der Waals surface area contributed by atoms with Crippen LogP contribution in [0.4, 0.5) is 0 Å². The van der Waals surface area contributed by atoms with E-state index >= 15 is 0 Å². The van der Waals surface area contributed by atoms with Gasteiger partial charge in [0.1, 0.15) is 11.3 Å². The molecule has 7 heteroatoms. The highest BCUT2D eigenvalue weighted by Crippen LogP contribution is 2.30. The molecule has 5 nitrogen and oxygen atoms in total. The Kier molecular flexibility index (Phi) is 7.06. The molecule has 1 fully saturated rings. The predicted octanol–water partition coefficient (Wildman–Crippen LogP) is 3.25. The predicted molar refractivity (Wildman–Crippen MR) is 94.6 cm³/mol. The molecule has 0 saturated carbocycles. The van der Waals surface area contributed by atoms with Crippen LogP contribution in [0.15, 0.2) is 24.3 Å². The third kappa shape index (κ3) is 3.86. The molecule has 23 heavy (non-hydrogen) atoms.